The summed E-state index contributed by atoms with van der Waals surface area (Å²) in [5.41, 5.74) is 2.06. The van der Waals surface area contributed by atoms with Crippen molar-refractivity contribution in [3.05, 3.63) is 43.9 Å². The molecule has 0 unspecified atom stereocenters. The fraction of sp³-hybridized carbons (Fsp3) is 0.308. The van der Waals surface area contributed by atoms with Crippen molar-refractivity contribution in [1.82, 2.24) is 4.98 Å². The van der Waals surface area contributed by atoms with Gasteiger partial charge in [0.15, 0.2) is 11.2 Å². The van der Waals surface area contributed by atoms with Crippen LogP contribution >= 0.6 is 15.9 Å². The number of aryl methyl sites for hydroxylation is 2. The zero-order valence-corrected chi connectivity index (χ0v) is 11.3. The number of fused-ring (bicyclic) bond motifs is 1. The highest BCUT2D eigenvalue weighted by Crippen LogP contribution is 2.25. The number of aromatic nitrogens is 1. The number of pyridine rings is 1. The van der Waals surface area contributed by atoms with Crippen LogP contribution in [0, 0.1) is 12.7 Å². The maximum atomic E-state index is 13.9. The average Bonchev–Trinajstić information content (AvgIpc) is 2.26. The maximum Gasteiger partial charge on any atom is 0.192 e. The predicted molar refractivity (Wildman–Crippen MR) is 71.0 cm³/mol. The van der Waals surface area contributed by atoms with E-state index in [-0.39, 0.29) is 10.8 Å². The molecule has 2 nitrogen and oxygen atoms in total. The summed E-state index contributed by atoms with van der Waals surface area (Å²) in [6.07, 6.45) is 1.74. The molecular formula is C13H13BrFNO. The molecule has 17 heavy (non-hydrogen) atoms. The molecule has 0 fully saturated rings. The number of halogens is 2. The molecule has 0 saturated heterocycles. The van der Waals surface area contributed by atoms with Gasteiger partial charge in [0.1, 0.15) is 0 Å². The lowest BCUT2D eigenvalue weighted by molar-refractivity contribution is 0.632. The molecular weight excluding hydrogens is 285 g/mol. The molecule has 0 aliphatic heterocycles. The van der Waals surface area contributed by atoms with Crippen molar-refractivity contribution in [1.29, 1.82) is 0 Å². The molecule has 0 saturated carbocycles. The van der Waals surface area contributed by atoms with Crippen LogP contribution in [0.3, 0.4) is 0 Å². The highest BCUT2D eigenvalue weighted by atomic mass is 79.9. The van der Waals surface area contributed by atoms with Gasteiger partial charge in [-0.2, -0.15) is 0 Å². The zero-order valence-electron chi connectivity index (χ0n) is 9.73. The van der Waals surface area contributed by atoms with Gasteiger partial charge < -0.3 is 4.98 Å². The number of aromatic amines is 1. The third-order valence-electron chi connectivity index (χ3n) is 2.77. The Morgan fingerprint density at radius 1 is 1.41 bits per heavy atom. The normalized spacial score (nSPS) is 11.1. The highest BCUT2D eigenvalue weighted by Gasteiger charge is 2.12. The van der Waals surface area contributed by atoms with E-state index in [1.165, 1.54) is 6.07 Å². The summed E-state index contributed by atoms with van der Waals surface area (Å²) in [5.74, 6) is -0.491. The van der Waals surface area contributed by atoms with Gasteiger partial charge in [0.25, 0.3) is 0 Å². The Hall–Kier alpha value is -1.16. The van der Waals surface area contributed by atoms with Gasteiger partial charge in [-0.05, 0) is 40.9 Å². The number of nitrogens with one attached hydrogen (secondary N) is 1. The largest absolute Gasteiger partial charge is 0.358 e. The van der Waals surface area contributed by atoms with E-state index in [4.69, 9.17) is 0 Å². The van der Waals surface area contributed by atoms with Gasteiger partial charge in [0.05, 0.1) is 15.4 Å². The quantitative estimate of drug-likeness (QED) is 0.901. The fourth-order valence-corrected chi connectivity index (χ4v) is 2.52. The van der Waals surface area contributed by atoms with E-state index in [9.17, 15) is 9.18 Å². The highest BCUT2D eigenvalue weighted by molar-refractivity contribution is 9.10. The summed E-state index contributed by atoms with van der Waals surface area (Å²) in [5, 5.41) is 0.136. The van der Waals surface area contributed by atoms with Crippen LogP contribution in [-0.2, 0) is 6.42 Å². The van der Waals surface area contributed by atoms with Crippen LogP contribution in [0.15, 0.2) is 21.4 Å². The molecule has 0 aliphatic rings. The minimum atomic E-state index is -0.491. The minimum Gasteiger partial charge on any atom is -0.358 e. The van der Waals surface area contributed by atoms with E-state index in [0.717, 1.165) is 24.1 Å². The molecule has 2 rings (SSSR count). The Kier molecular flexibility index (Phi) is 3.33. The Morgan fingerprint density at radius 2 is 2.12 bits per heavy atom. The Morgan fingerprint density at radius 3 is 2.76 bits per heavy atom. The Labute approximate surface area is 107 Å². The van der Waals surface area contributed by atoms with Crippen LogP contribution in [0.4, 0.5) is 4.39 Å². The second-order valence-electron chi connectivity index (χ2n) is 4.15. The van der Waals surface area contributed by atoms with Crippen LogP contribution in [0.5, 0.6) is 0 Å². The topological polar surface area (TPSA) is 32.9 Å². The molecule has 1 N–H and O–H groups in total. The van der Waals surface area contributed by atoms with E-state index in [1.807, 2.05) is 13.8 Å². The van der Waals surface area contributed by atoms with Crippen molar-refractivity contribution in [2.45, 2.75) is 26.7 Å². The number of hydrogen-bond donors (Lipinski definition) is 1. The van der Waals surface area contributed by atoms with E-state index >= 15 is 0 Å². The van der Waals surface area contributed by atoms with Gasteiger partial charge in [-0.15, -0.1) is 0 Å². The molecule has 2 aromatic rings. The van der Waals surface area contributed by atoms with E-state index in [1.54, 1.807) is 6.07 Å². The van der Waals surface area contributed by atoms with Gasteiger partial charge >= 0.3 is 0 Å². The molecule has 4 heteroatoms. The molecule has 0 amide bonds. The van der Waals surface area contributed by atoms with Crippen molar-refractivity contribution in [3.63, 3.8) is 0 Å². The standard InChI is InChI=1S/C13H13BrFNO/c1-3-4-8-6-10(17)11-12(15)9(14)5-7(2)13(11)16-8/h5-6H,3-4H2,1-2H3,(H,16,17). The number of hydrogen-bond acceptors (Lipinski definition) is 1. The summed E-state index contributed by atoms with van der Waals surface area (Å²) in [6.45, 7) is 3.90. The third-order valence-corrected chi connectivity index (χ3v) is 3.35. The van der Waals surface area contributed by atoms with E-state index in [2.05, 4.69) is 20.9 Å². The summed E-state index contributed by atoms with van der Waals surface area (Å²) in [4.78, 5) is 15.1. The van der Waals surface area contributed by atoms with Gasteiger partial charge in [0, 0.05) is 11.8 Å². The van der Waals surface area contributed by atoms with Crippen molar-refractivity contribution in [3.8, 4) is 0 Å². The lowest BCUT2D eigenvalue weighted by Gasteiger charge is -2.08. The first-order valence-corrected chi connectivity index (χ1v) is 6.34. The number of H-pyrrole nitrogens is 1. The van der Waals surface area contributed by atoms with Gasteiger partial charge in [0.2, 0.25) is 0 Å². The Balaban J connectivity index is 2.86. The van der Waals surface area contributed by atoms with Crippen molar-refractivity contribution < 1.29 is 4.39 Å². The molecule has 0 atom stereocenters. The van der Waals surface area contributed by atoms with E-state index in [0.29, 0.717) is 9.99 Å². The van der Waals surface area contributed by atoms with Crippen LogP contribution in [0.25, 0.3) is 10.9 Å². The molecule has 1 heterocycles. The fourth-order valence-electron chi connectivity index (χ4n) is 1.98. The first-order chi connectivity index (χ1) is 8.04. The van der Waals surface area contributed by atoms with Gasteiger partial charge in [-0.3, -0.25) is 4.79 Å². The second-order valence-corrected chi connectivity index (χ2v) is 5.00. The summed E-state index contributed by atoms with van der Waals surface area (Å²) >= 11 is 3.12. The molecule has 0 aliphatic carbocycles. The van der Waals surface area contributed by atoms with Crippen LogP contribution < -0.4 is 5.43 Å². The minimum absolute atomic E-state index is 0.136. The summed E-state index contributed by atoms with van der Waals surface area (Å²) in [7, 11) is 0. The summed E-state index contributed by atoms with van der Waals surface area (Å²) < 4.78 is 14.2. The second kappa shape index (κ2) is 4.61. The van der Waals surface area contributed by atoms with Gasteiger partial charge in [-0.25, -0.2) is 4.39 Å². The molecule has 0 radical (unpaired) electrons. The first kappa shape index (κ1) is 12.3. The van der Waals surface area contributed by atoms with Crippen LogP contribution in [-0.4, -0.2) is 4.98 Å². The van der Waals surface area contributed by atoms with Crippen molar-refractivity contribution in [2.75, 3.05) is 0 Å². The first-order valence-electron chi connectivity index (χ1n) is 5.55. The van der Waals surface area contributed by atoms with Crippen LogP contribution in [0.1, 0.15) is 24.6 Å². The van der Waals surface area contributed by atoms with Crippen molar-refractivity contribution in [2.24, 2.45) is 0 Å². The lowest BCUT2D eigenvalue weighted by atomic mass is 10.1. The molecule has 0 bridgehead atoms. The molecule has 1 aromatic carbocycles. The molecule has 1 aromatic heterocycles. The molecule has 0 spiro atoms. The van der Waals surface area contributed by atoms with E-state index < -0.39 is 5.82 Å². The van der Waals surface area contributed by atoms with Crippen LogP contribution in [0.2, 0.25) is 0 Å². The maximum absolute atomic E-state index is 13.9. The monoisotopic (exact) mass is 297 g/mol. The SMILES string of the molecule is CCCc1cc(=O)c2c(F)c(Br)cc(C)c2[nH]1. The number of rotatable bonds is 2. The smallest absolute Gasteiger partial charge is 0.192 e. The molecule has 90 valence electrons. The third kappa shape index (κ3) is 2.14. The van der Waals surface area contributed by atoms with Crippen molar-refractivity contribution >= 4 is 26.8 Å². The predicted octanol–water partition coefficient (Wildman–Crippen LogP) is 3.69. The Bertz CT molecular complexity index is 633. The summed E-state index contributed by atoms with van der Waals surface area (Å²) in [6, 6.07) is 3.17. The lowest BCUT2D eigenvalue weighted by Crippen LogP contribution is -2.08. The van der Waals surface area contributed by atoms with Gasteiger partial charge in [-0.1, -0.05) is 13.3 Å². The number of benzene rings is 1. The zero-order chi connectivity index (χ0) is 12.6. The average molecular weight is 298 g/mol.